The first-order valence-corrected chi connectivity index (χ1v) is 6.23. The van der Waals surface area contributed by atoms with Gasteiger partial charge in [0.1, 0.15) is 5.60 Å². The zero-order chi connectivity index (χ0) is 16.0. The molecule has 0 bridgehead atoms. The third-order valence-electron chi connectivity index (χ3n) is 2.13. The van der Waals surface area contributed by atoms with E-state index in [0.717, 1.165) is 6.20 Å². The normalized spacial score (nSPS) is 13.0. The number of nitrogens with zero attached hydrogens (tertiary/aromatic N) is 1. The first-order chi connectivity index (χ1) is 9.71. The minimum Gasteiger partial charge on any atom is -0.444 e. The topological polar surface area (TPSA) is 103 Å². The van der Waals surface area contributed by atoms with Gasteiger partial charge in [-0.05, 0) is 39.0 Å². The van der Waals surface area contributed by atoms with Crippen LogP contribution in [-0.4, -0.2) is 17.5 Å². The second kappa shape index (κ2) is 6.74. The molecule has 6 nitrogen and oxygen atoms in total. The van der Waals surface area contributed by atoms with Crippen molar-refractivity contribution in [2.75, 3.05) is 5.32 Å². The van der Waals surface area contributed by atoms with E-state index in [1.807, 2.05) is 0 Å². The average Bonchev–Trinajstić information content (AvgIpc) is 2.35. The lowest BCUT2D eigenvalue weighted by atomic mass is 10.2. The highest BCUT2D eigenvalue weighted by Crippen LogP contribution is 2.19. The Hall–Kier alpha value is -2.57. The van der Waals surface area contributed by atoms with Crippen molar-refractivity contribution in [1.29, 1.82) is 0 Å². The van der Waals surface area contributed by atoms with Crippen LogP contribution in [0.15, 0.2) is 41.3 Å². The summed E-state index contributed by atoms with van der Waals surface area (Å²) in [5, 5.41) is 2.55. The highest BCUT2D eigenvalue weighted by Gasteiger charge is 2.16. The standard InChI is InChI=1S/C14H19FN4O2/c1-14(2,3)21-13(20)19-10-6-4-5-9(7-10)18-12(17)11(15)8-16/h4-8H,16H2,1-3H3,(H2,17,18)(H,19,20). The monoisotopic (exact) mass is 294 g/mol. The van der Waals surface area contributed by atoms with Gasteiger partial charge in [0.05, 0.1) is 5.69 Å². The number of aliphatic imine (C=N–C) groups is 1. The van der Waals surface area contributed by atoms with Gasteiger partial charge in [-0.3, -0.25) is 5.32 Å². The van der Waals surface area contributed by atoms with E-state index in [-0.39, 0.29) is 5.84 Å². The first kappa shape index (κ1) is 16.5. The van der Waals surface area contributed by atoms with Crippen molar-refractivity contribution in [3.05, 3.63) is 36.3 Å². The number of halogens is 1. The Morgan fingerprint density at radius 3 is 2.67 bits per heavy atom. The first-order valence-electron chi connectivity index (χ1n) is 6.23. The summed E-state index contributed by atoms with van der Waals surface area (Å²) in [6.45, 7) is 5.28. The van der Waals surface area contributed by atoms with E-state index < -0.39 is 17.5 Å². The fraction of sp³-hybridized carbons (Fsp3) is 0.286. The van der Waals surface area contributed by atoms with Gasteiger partial charge in [0.25, 0.3) is 0 Å². The van der Waals surface area contributed by atoms with E-state index in [2.05, 4.69) is 10.3 Å². The van der Waals surface area contributed by atoms with Crippen LogP contribution < -0.4 is 16.8 Å². The maximum atomic E-state index is 13.1. The molecule has 1 amide bonds. The quantitative estimate of drug-likeness (QED) is 0.589. The Balaban J connectivity index is 2.85. The van der Waals surface area contributed by atoms with Gasteiger partial charge in [-0.25, -0.2) is 14.2 Å². The molecule has 0 aliphatic rings. The van der Waals surface area contributed by atoms with Gasteiger partial charge in [-0.1, -0.05) is 6.07 Å². The summed E-state index contributed by atoms with van der Waals surface area (Å²) in [5.74, 6) is -1.16. The van der Waals surface area contributed by atoms with Crippen LogP contribution in [0.2, 0.25) is 0 Å². The Kier molecular flexibility index (Phi) is 5.29. The van der Waals surface area contributed by atoms with Gasteiger partial charge < -0.3 is 16.2 Å². The third kappa shape index (κ3) is 5.94. The molecule has 0 aromatic heterocycles. The summed E-state index contributed by atoms with van der Waals surface area (Å²) in [6.07, 6.45) is 0.131. The SMILES string of the molecule is CC(C)(C)OC(=O)Nc1cccc(N=C(N)C(F)=CN)c1. The van der Waals surface area contributed by atoms with Crippen molar-refractivity contribution in [2.45, 2.75) is 26.4 Å². The molecule has 5 N–H and O–H groups in total. The number of amides is 1. The van der Waals surface area contributed by atoms with E-state index in [0.29, 0.717) is 11.4 Å². The second-order valence-electron chi connectivity index (χ2n) is 5.19. The molecule has 0 unspecified atom stereocenters. The number of carbonyl (C=O) groups excluding carboxylic acids is 1. The number of amidine groups is 1. The number of nitrogens with two attached hydrogens (primary N) is 2. The average molecular weight is 294 g/mol. The van der Waals surface area contributed by atoms with Crippen LogP contribution in [0.5, 0.6) is 0 Å². The number of hydrogen-bond donors (Lipinski definition) is 3. The Morgan fingerprint density at radius 1 is 1.43 bits per heavy atom. The molecule has 114 valence electrons. The van der Waals surface area contributed by atoms with Crippen molar-refractivity contribution < 1.29 is 13.9 Å². The number of nitrogens with one attached hydrogen (secondary N) is 1. The van der Waals surface area contributed by atoms with Crippen LogP contribution in [0.3, 0.4) is 0 Å². The van der Waals surface area contributed by atoms with Crippen molar-refractivity contribution in [3.63, 3.8) is 0 Å². The highest BCUT2D eigenvalue weighted by atomic mass is 19.1. The lowest BCUT2D eigenvalue weighted by Crippen LogP contribution is -2.27. The van der Waals surface area contributed by atoms with Crippen LogP contribution in [-0.2, 0) is 4.74 Å². The molecule has 0 aliphatic carbocycles. The van der Waals surface area contributed by atoms with E-state index >= 15 is 0 Å². The second-order valence-corrected chi connectivity index (χ2v) is 5.19. The maximum Gasteiger partial charge on any atom is 0.412 e. The molecule has 1 aromatic carbocycles. The van der Waals surface area contributed by atoms with Gasteiger partial charge in [0.2, 0.25) is 0 Å². The predicted octanol–water partition coefficient (Wildman–Crippen LogP) is 2.79. The largest absolute Gasteiger partial charge is 0.444 e. The molecule has 0 fully saturated rings. The summed E-state index contributed by atoms with van der Waals surface area (Å²) in [5.41, 5.74) is 10.6. The molecular formula is C14H19FN4O2. The van der Waals surface area contributed by atoms with E-state index in [4.69, 9.17) is 16.2 Å². The molecule has 21 heavy (non-hydrogen) atoms. The molecule has 1 aromatic rings. The minimum atomic E-state index is -0.819. The summed E-state index contributed by atoms with van der Waals surface area (Å²) < 4.78 is 18.2. The maximum absolute atomic E-state index is 13.1. The van der Waals surface area contributed by atoms with Crippen LogP contribution in [0.4, 0.5) is 20.6 Å². The van der Waals surface area contributed by atoms with Crippen molar-refractivity contribution in [1.82, 2.24) is 0 Å². The van der Waals surface area contributed by atoms with Crippen molar-refractivity contribution >= 4 is 23.3 Å². The number of rotatable bonds is 3. The molecule has 0 heterocycles. The van der Waals surface area contributed by atoms with Gasteiger partial charge in [0, 0.05) is 11.9 Å². The van der Waals surface area contributed by atoms with Crippen LogP contribution >= 0.6 is 0 Å². The fourth-order valence-electron chi connectivity index (χ4n) is 1.35. The lowest BCUT2D eigenvalue weighted by molar-refractivity contribution is 0.0636. The third-order valence-corrected chi connectivity index (χ3v) is 2.13. The van der Waals surface area contributed by atoms with Crippen molar-refractivity contribution in [2.24, 2.45) is 16.5 Å². The molecule has 0 radical (unpaired) electrons. The molecule has 0 saturated heterocycles. The zero-order valence-corrected chi connectivity index (χ0v) is 12.2. The summed E-state index contributed by atoms with van der Waals surface area (Å²) in [7, 11) is 0. The Bertz CT molecular complexity index is 577. The van der Waals surface area contributed by atoms with E-state index in [1.165, 1.54) is 6.07 Å². The summed E-state index contributed by atoms with van der Waals surface area (Å²) in [4.78, 5) is 15.5. The van der Waals surface area contributed by atoms with Gasteiger partial charge in [-0.2, -0.15) is 0 Å². The molecule has 0 saturated carbocycles. The predicted molar refractivity (Wildman–Crippen MR) is 81.0 cm³/mol. The van der Waals surface area contributed by atoms with Gasteiger partial charge in [0.15, 0.2) is 11.7 Å². The van der Waals surface area contributed by atoms with Gasteiger partial charge >= 0.3 is 6.09 Å². The smallest absolute Gasteiger partial charge is 0.412 e. The molecule has 0 aliphatic heterocycles. The van der Waals surface area contributed by atoms with E-state index in [9.17, 15) is 9.18 Å². The molecule has 7 heteroatoms. The molecular weight excluding hydrogens is 275 g/mol. The Morgan fingerprint density at radius 2 is 2.10 bits per heavy atom. The zero-order valence-electron chi connectivity index (χ0n) is 12.2. The number of ether oxygens (including phenoxy) is 1. The number of anilines is 1. The van der Waals surface area contributed by atoms with Crippen molar-refractivity contribution in [3.8, 4) is 0 Å². The van der Waals surface area contributed by atoms with Crippen LogP contribution in [0.25, 0.3) is 0 Å². The molecule has 0 spiro atoms. The Labute approximate surface area is 122 Å². The summed E-state index contributed by atoms with van der Waals surface area (Å²) in [6, 6.07) is 6.43. The minimum absolute atomic E-state index is 0.341. The van der Waals surface area contributed by atoms with E-state index in [1.54, 1.807) is 39.0 Å². The van der Waals surface area contributed by atoms with Crippen LogP contribution in [0, 0.1) is 0 Å². The molecule has 0 atom stereocenters. The number of carbonyl (C=O) groups is 1. The molecule has 1 rings (SSSR count). The fourth-order valence-corrected chi connectivity index (χ4v) is 1.35. The highest BCUT2D eigenvalue weighted by molar-refractivity contribution is 5.96. The van der Waals surface area contributed by atoms with Crippen LogP contribution in [0.1, 0.15) is 20.8 Å². The summed E-state index contributed by atoms with van der Waals surface area (Å²) >= 11 is 0. The van der Waals surface area contributed by atoms with Gasteiger partial charge in [-0.15, -0.1) is 0 Å². The number of benzene rings is 1. The number of hydrogen-bond acceptors (Lipinski definition) is 4. The lowest BCUT2D eigenvalue weighted by Gasteiger charge is -2.19.